The van der Waals surface area contributed by atoms with E-state index in [4.69, 9.17) is 4.74 Å². The van der Waals surface area contributed by atoms with Crippen LogP contribution in [0.2, 0.25) is 0 Å². The number of hydrogen-bond acceptors (Lipinski definition) is 3. The first-order valence-corrected chi connectivity index (χ1v) is 10.1. The summed E-state index contributed by atoms with van der Waals surface area (Å²) in [7, 11) is 1.75. The van der Waals surface area contributed by atoms with Crippen LogP contribution in [-0.4, -0.2) is 25.5 Å². The molecule has 1 aliphatic rings. The smallest absolute Gasteiger partial charge is 0.221 e. The van der Waals surface area contributed by atoms with Gasteiger partial charge in [0.2, 0.25) is 5.91 Å². The minimum atomic E-state index is -0.0783. The summed E-state index contributed by atoms with van der Waals surface area (Å²) in [5.74, 6) is 2.30. The zero-order valence-electron chi connectivity index (χ0n) is 17.4. The van der Waals surface area contributed by atoms with Crippen molar-refractivity contribution in [3.05, 3.63) is 59.2 Å². The number of ether oxygens (including phenoxy) is 1. The van der Waals surface area contributed by atoms with Crippen molar-refractivity contribution in [2.45, 2.75) is 39.8 Å². The molecule has 29 heavy (non-hydrogen) atoms. The molecule has 1 fully saturated rings. The molecule has 0 aliphatic heterocycles. The number of amides is 1. The summed E-state index contributed by atoms with van der Waals surface area (Å²) in [6.45, 7) is 5.62. The van der Waals surface area contributed by atoms with Crippen LogP contribution in [0, 0.1) is 12.8 Å². The third-order valence-corrected chi connectivity index (χ3v) is 4.77. The molecule has 0 radical (unpaired) electrons. The Bertz CT molecular complexity index is 875. The number of carbonyl (C=O) groups excluding carboxylic acids is 1. The number of hydrogen-bond donors (Lipinski definition) is 3. The van der Waals surface area contributed by atoms with E-state index in [1.807, 2.05) is 24.3 Å². The summed E-state index contributed by atoms with van der Waals surface area (Å²) >= 11 is 0. The van der Waals surface area contributed by atoms with Crippen LogP contribution in [0.25, 0.3) is 0 Å². The molecule has 1 aliphatic carbocycles. The van der Waals surface area contributed by atoms with Crippen molar-refractivity contribution < 1.29 is 9.53 Å². The van der Waals surface area contributed by atoms with E-state index in [-0.39, 0.29) is 5.91 Å². The van der Waals surface area contributed by atoms with Gasteiger partial charge in [-0.15, -0.1) is 0 Å². The van der Waals surface area contributed by atoms with Gasteiger partial charge in [0.15, 0.2) is 5.96 Å². The van der Waals surface area contributed by atoms with Gasteiger partial charge in [0.1, 0.15) is 5.75 Å². The predicted molar refractivity (Wildman–Crippen MR) is 117 cm³/mol. The molecule has 6 nitrogen and oxygen atoms in total. The van der Waals surface area contributed by atoms with Crippen LogP contribution in [0.1, 0.15) is 36.5 Å². The van der Waals surface area contributed by atoms with E-state index in [2.05, 4.69) is 46.1 Å². The Balaban J connectivity index is 1.55. The van der Waals surface area contributed by atoms with Gasteiger partial charge in [0.25, 0.3) is 0 Å². The average Bonchev–Trinajstić information content (AvgIpc) is 3.52. The molecular weight excluding hydrogens is 364 g/mol. The fourth-order valence-corrected chi connectivity index (χ4v) is 2.98. The van der Waals surface area contributed by atoms with Crippen molar-refractivity contribution >= 4 is 17.6 Å². The van der Waals surface area contributed by atoms with Gasteiger partial charge in [-0.2, -0.15) is 0 Å². The van der Waals surface area contributed by atoms with Crippen LogP contribution in [0.3, 0.4) is 0 Å². The molecule has 0 bridgehead atoms. The zero-order valence-corrected chi connectivity index (χ0v) is 17.4. The number of benzene rings is 2. The van der Waals surface area contributed by atoms with Gasteiger partial charge in [0, 0.05) is 38.3 Å². The van der Waals surface area contributed by atoms with Crippen LogP contribution in [0.4, 0.5) is 5.69 Å². The van der Waals surface area contributed by atoms with Gasteiger partial charge in [-0.25, -0.2) is 0 Å². The fourth-order valence-electron chi connectivity index (χ4n) is 2.98. The second-order valence-corrected chi connectivity index (χ2v) is 7.53. The van der Waals surface area contributed by atoms with Crippen LogP contribution < -0.4 is 20.7 Å². The van der Waals surface area contributed by atoms with Crippen molar-refractivity contribution in [3.8, 4) is 5.75 Å². The molecule has 2 aromatic rings. The lowest BCUT2D eigenvalue weighted by molar-refractivity contribution is -0.114. The van der Waals surface area contributed by atoms with E-state index >= 15 is 0 Å². The van der Waals surface area contributed by atoms with Gasteiger partial charge in [-0.3, -0.25) is 9.79 Å². The minimum absolute atomic E-state index is 0.0783. The number of anilines is 1. The standard InChI is InChI=1S/C23H30N4O2/c1-16-7-10-20(22(11-16)29-15-18-8-9-18)14-26-23(24-3)25-13-19-5-4-6-21(12-19)27-17(2)28/h4-7,10-12,18H,8-9,13-15H2,1-3H3,(H,27,28)(H2,24,25,26). The Morgan fingerprint density at radius 2 is 1.93 bits per heavy atom. The largest absolute Gasteiger partial charge is 0.493 e. The lowest BCUT2D eigenvalue weighted by Gasteiger charge is -2.16. The second-order valence-electron chi connectivity index (χ2n) is 7.53. The molecule has 1 saturated carbocycles. The highest BCUT2D eigenvalue weighted by Gasteiger charge is 2.22. The molecule has 0 heterocycles. The number of guanidine groups is 1. The molecule has 1 amide bonds. The minimum Gasteiger partial charge on any atom is -0.493 e. The van der Waals surface area contributed by atoms with Crippen molar-refractivity contribution in [1.29, 1.82) is 0 Å². The summed E-state index contributed by atoms with van der Waals surface area (Å²) in [4.78, 5) is 15.5. The number of aryl methyl sites for hydroxylation is 1. The molecule has 154 valence electrons. The summed E-state index contributed by atoms with van der Waals surface area (Å²) in [6.07, 6.45) is 2.55. The van der Waals surface area contributed by atoms with Gasteiger partial charge >= 0.3 is 0 Å². The van der Waals surface area contributed by atoms with E-state index in [1.165, 1.54) is 25.3 Å². The van der Waals surface area contributed by atoms with E-state index in [0.717, 1.165) is 35.1 Å². The molecule has 0 aromatic heterocycles. The SMILES string of the molecule is CN=C(NCc1cccc(NC(C)=O)c1)NCc1ccc(C)cc1OCC1CC1. The summed E-state index contributed by atoms with van der Waals surface area (Å²) < 4.78 is 6.05. The Kier molecular flexibility index (Phi) is 7.11. The normalized spacial score (nSPS) is 13.7. The van der Waals surface area contributed by atoms with Gasteiger partial charge in [-0.1, -0.05) is 24.3 Å². The summed E-state index contributed by atoms with van der Waals surface area (Å²) in [5, 5.41) is 9.47. The number of aliphatic imine (C=N–C) groups is 1. The lowest BCUT2D eigenvalue weighted by Crippen LogP contribution is -2.36. The quantitative estimate of drug-likeness (QED) is 0.472. The highest BCUT2D eigenvalue weighted by atomic mass is 16.5. The first-order valence-electron chi connectivity index (χ1n) is 10.1. The molecular formula is C23H30N4O2. The van der Waals surface area contributed by atoms with E-state index in [0.29, 0.717) is 19.0 Å². The Morgan fingerprint density at radius 1 is 1.14 bits per heavy atom. The monoisotopic (exact) mass is 394 g/mol. The van der Waals surface area contributed by atoms with Gasteiger partial charge in [-0.05, 0) is 55.0 Å². The molecule has 0 spiro atoms. The van der Waals surface area contributed by atoms with Gasteiger partial charge < -0.3 is 20.7 Å². The van der Waals surface area contributed by atoms with Crippen molar-refractivity contribution in [2.75, 3.05) is 19.0 Å². The molecule has 0 atom stereocenters. The molecule has 3 rings (SSSR count). The predicted octanol–water partition coefficient (Wildman–Crippen LogP) is 3.61. The summed E-state index contributed by atoms with van der Waals surface area (Å²) in [6, 6.07) is 14.1. The highest BCUT2D eigenvalue weighted by Crippen LogP contribution is 2.30. The van der Waals surface area contributed by atoms with Gasteiger partial charge in [0.05, 0.1) is 6.61 Å². The van der Waals surface area contributed by atoms with Crippen LogP contribution in [0.15, 0.2) is 47.5 Å². The number of rotatable bonds is 8. The van der Waals surface area contributed by atoms with E-state index < -0.39 is 0 Å². The van der Waals surface area contributed by atoms with E-state index in [9.17, 15) is 4.79 Å². The summed E-state index contributed by atoms with van der Waals surface area (Å²) in [5.41, 5.74) is 4.16. The maximum atomic E-state index is 11.2. The average molecular weight is 395 g/mol. The zero-order chi connectivity index (χ0) is 20.6. The molecule has 6 heteroatoms. The fraction of sp³-hybridized carbons (Fsp3) is 0.391. The van der Waals surface area contributed by atoms with Crippen LogP contribution >= 0.6 is 0 Å². The maximum Gasteiger partial charge on any atom is 0.221 e. The van der Waals surface area contributed by atoms with Crippen LogP contribution in [0.5, 0.6) is 5.75 Å². The molecule has 0 unspecified atom stereocenters. The third kappa shape index (κ3) is 6.82. The van der Waals surface area contributed by atoms with Crippen molar-refractivity contribution in [3.63, 3.8) is 0 Å². The third-order valence-electron chi connectivity index (χ3n) is 4.77. The Hall–Kier alpha value is -3.02. The lowest BCUT2D eigenvalue weighted by atomic mass is 10.1. The number of nitrogens with one attached hydrogen (secondary N) is 3. The number of carbonyl (C=O) groups is 1. The van der Waals surface area contributed by atoms with Crippen LogP contribution in [-0.2, 0) is 17.9 Å². The first-order chi connectivity index (χ1) is 14.0. The molecule has 0 saturated heterocycles. The van der Waals surface area contributed by atoms with E-state index in [1.54, 1.807) is 7.05 Å². The Morgan fingerprint density at radius 3 is 2.66 bits per heavy atom. The number of nitrogens with zero attached hydrogens (tertiary/aromatic N) is 1. The second kappa shape index (κ2) is 9.96. The van der Waals surface area contributed by atoms with Crippen molar-refractivity contribution in [2.24, 2.45) is 10.9 Å². The van der Waals surface area contributed by atoms with Crippen molar-refractivity contribution in [1.82, 2.24) is 10.6 Å². The molecule has 3 N–H and O–H groups in total. The maximum absolute atomic E-state index is 11.2. The topological polar surface area (TPSA) is 74.8 Å². The molecule has 2 aromatic carbocycles. The Labute approximate surface area is 172 Å². The first kappa shape index (κ1) is 20.7. The highest BCUT2D eigenvalue weighted by molar-refractivity contribution is 5.88.